The first-order valence-corrected chi connectivity index (χ1v) is 12.8. The topological polar surface area (TPSA) is 96.0 Å². The van der Waals surface area contributed by atoms with Crippen molar-refractivity contribution >= 4 is 21.2 Å². The van der Waals surface area contributed by atoms with Gasteiger partial charge in [-0.3, -0.25) is 9.45 Å². The number of benzene rings is 3. The summed E-state index contributed by atoms with van der Waals surface area (Å²) in [6.07, 6.45) is 0.715. The minimum Gasteiger partial charge on any atom is -0.406 e. The summed E-state index contributed by atoms with van der Waals surface area (Å²) in [5.41, 5.74) is 5.27. The van der Waals surface area contributed by atoms with Crippen LogP contribution in [0.4, 0.5) is 0 Å². The van der Waals surface area contributed by atoms with Gasteiger partial charge < -0.3 is 9.43 Å². The number of aromatic nitrogens is 1. The number of piperazine rings is 1. The first-order chi connectivity index (χ1) is 16.3. The molecule has 34 heavy (non-hydrogen) atoms. The summed E-state index contributed by atoms with van der Waals surface area (Å²) in [5, 5.41) is 2.09. The van der Waals surface area contributed by atoms with Gasteiger partial charge in [-0.2, -0.15) is 13.1 Å². The number of hydrogen-bond acceptors (Lipinski definition) is 6. The van der Waals surface area contributed by atoms with E-state index in [9.17, 15) is 13.2 Å². The fraction of sp³-hybridized carbons (Fsp3) is 0.240. The number of rotatable bonds is 4. The minimum absolute atomic E-state index is 0.310. The molecule has 4 aromatic rings. The highest BCUT2D eigenvalue weighted by Crippen LogP contribution is 2.21. The molecule has 178 valence electrons. The molecule has 9 heteroatoms. The lowest BCUT2D eigenvalue weighted by Crippen LogP contribution is -2.53. The smallest absolute Gasteiger partial charge is 0.406 e. The fourth-order valence-corrected chi connectivity index (χ4v) is 4.06. The molecule has 0 amide bonds. The first kappa shape index (κ1) is 23.7. The maximum absolute atomic E-state index is 12.3. The normalized spacial score (nSPS) is 14.6. The van der Waals surface area contributed by atoms with Crippen LogP contribution in [0, 0.1) is 0 Å². The maximum atomic E-state index is 12.3. The van der Waals surface area contributed by atoms with Gasteiger partial charge in [-0.15, -0.1) is 0 Å². The van der Waals surface area contributed by atoms with Crippen molar-refractivity contribution in [3.05, 3.63) is 95.0 Å². The van der Waals surface area contributed by atoms with E-state index in [1.54, 1.807) is 4.68 Å². The second kappa shape index (κ2) is 10.3. The summed E-state index contributed by atoms with van der Waals surface area (Å²) >= 11 is 0. The van der Waals surface area contributed by atoms with Crippen LogP contribution in [0.2, 0.25) is 0 Å². The molecular formula is C25H27N3O5S. The third-order valence-corrected chi connectivity index (χ3v) is 5.54. The molecule has 3 aromatic carbocycles. The van der Waals surface area contributed by atoms with Crippen molar-refractivity contribution in [2.75, 3.05) is 37.4 Å². The molecule has 0 atom stereocenters. The van der Waals surface area contributed by atoms with Crippen LogP contribution in [0.5, 0.6) is 0 Å². The van der Waals surface area contributed by atoms with Crippen LogP contribution in [0.15, 0.2) is 88.1 Å². The SMILES string of the molecule is CS(=O)(=O)O.O=c1oc2ccccc2n1N1CCN(Cc2cccc(-c3ccccc3)c2)CC1. The van der Waals surface area contributed by atoms with Gasteiger partial charge >= 0.3 is 5.76 Å². The first-order valence-electron chi connectivity index (χ1n) is 10.9. The Morgan fingerprint density at radius 2 is 1.47 bits per heavy atom. The highest BCUT2D eigenvalue weighted by molar-refractivity contribution is 7.85. The Morgan fingerprint density at radius 3 is 2.18 bits per heavy atom. The van der Waals surface area contributed by atoms with Crippen LogP contribution < -0.4 is 10.8 Å². The zero-order chi connectivity index (χ0) is 24.1. The zero-order valence-corrected chi connectivity index (χ0v) is 19.7. The Labute approximate surface area is 198 Å². The van der Waals surface area contributed by atoms with Gasteiger partial charge in [0.15, 0.2) is 5.58 Å². The van der Waals surface area contributed by atoms with Crippen molar-refractivity contribution in [1.82, 2.24) is 9.58 Å². The van der Waals surface area contributed by atoms with Crippen molar-refractivity contribution < 1.29 is 17.4 Å². The summed E-state index contributed by atoms with van der Waals surface area (Å²) in [4.78, 5) is 14.8. The van der Waals surface area contributed by atoms with E-state index in [1.807, 2.05) is 30.3 Å². The number of fused-ring (bicyclic) bond motifs is 1. The molecule has 1 saturated heterocycles. The van der Waals surface area contributed by atoms with E-state index in [2.05, 4.69) is 58.4 Å². The fourth-order valence-electron chi connectivity index (χ4n) is 4.06. The predicted molar refractivity (Wildman–Crippen MR) is 133 cm³/mol. The van der Waals surface area contributed by atoms with Gasteiger partial charge in [0.1, 0.15) is 5.52 Å². The van der Waals surface area contributed by atoms with E-state index in [0.29, 0.717) is 11.8 Å². The second-order valence-corrected chi connectivity index (χ2v) is 9.64. The summed E-state index contributed by atoms with van der Waals surface area (Å²) in [6, 6.07) is 26.8. The second-order valence-electron chi connectivity index (χ2n) is 8.18. The van der Waals surface area contributed by atoms with Crippen molar-refractivity contribution in [1.29, 1.82) is 0 Å². The Morgan fingerprint density at radius 1 is 0.853 bits per heavy atom. The lowest BCUT2D eigenvalue weighted by atomic mass is 10.0. The van der Waals surface area contributed by atoms with Crippen LogP contribution >= 0.6 is 0 Å². The van der Waals surface area contributed by atoms with E-state index in [-0.39, 0.29) is 5.76 Å². The monoisotopic (exact) mass is 481 g/mol. The van der Waals surface area contributed by atoms with Gasteiger partial charge in [-0.25, -0.2) is 4.79 Å². The van der Waals surface area contributed by atoms with Crippen molar-refractivity contribution in [2.24, 2.45) is 0 Å². The van der Waals surface area contributed by atoms with E-state index in [1.165, 1.54) is 16.7 Å². The van der Waals surface area contributed by atoms with E-state index in [4.69, 9.17) is 8.97 Å². The lowest BCUT2D eigenvalue weighted by Gasteiger charge is -2.35. The third-order valence-electron chi connectivity index (χ3n) is 5.54. The van der Waals surface area contributed by atoms with Gasteiger partial charge in [-0.05, 0) is 34.9 Å². The quantitative estimate of drug-likeness (QED) is 0.447. The Bertz CT molecular complexity index is 1400. The Kier molecular flexibility index (Phi) is 7.16. The largest absolute Gasteiger partial charge is 0.438 e. The molecule has 1 aliphatic rings. The van der Waals surface area contributed by atoms with Crippen molar-refractivity contribution in [3.63, 3.8) is 0 Å². The number of oxazole rings is 1. The molecule has 5 rings (SSSR count). The predicted octanol–water partition coefficient (Wildman–Crippen LogP) is 3.22. The van der Waals surface area contributed by atoms with Gasteiger partial charge in [0.2, 0.25) is 0 Å². The molecule has 0 spiro atoms. The highest BCUT2D eigenvalue weighted by Gasteiger charge is 2.21. The molecule has 2 heterocycles. The molecule has 1 fully saturated rings. The van der Waals surface area contributed by atoms with Gasteiger partial charge in [0, 0.05) is 32.7 Å². The van der Waals surface area contributed by atoms with Crippen LogP contribution in [0.3, 0.4) is 0 Å². The summed E-state index contributed by atoms with van der Waals surface area (Å²) < 4.78 is 32.9. The van der Waals surface area contributed by atoms with E-state index in [0.717, 1.165) is 38.2 Å². The van der Waals surface area contributed by atoms with Gasteiger partial charge in [0.25, 0.3) is 10.1 Å². The molecular weight excluding hydrogens is 454 g/mol. The number of nitrogens with zero attached hydrogens (tertiary/aromatic N) is 3. The summed E-state index contributed by atoms with van der Waals surface area (Å²) in [5.74, 6) is -0.310. The molecule has 1 aliphatic heterocycles. The average Bonchev–Trinajstić information content (AvgIpc) is 3.15. The van der Waals surface area contributed by atoms with E-state index < -0.39 is 10.1 Å². The Balaban J connectivity index is 0.000000499. The molecule has 8 nitrogen and oxygen atoms in total. The molecule has 0 aliphatic carbocycles. The number of para-hydroxylation sites is 2. The molecule has 0 bridgehead atoms. The standard InChI is InChI=1S/C24H23N3O2.CH4O3S/c28-24-27(22-11-4-5-12-23(22)29-24)26-15-13-25(14-16-26)18-19-7-6-10-21(17-19)20-8-2-1-3-9-20;1-5(2,3)4/h1-12,17H,13-16,18H2;1H3,(H,2,3,4). The van der Waals surface area contributed by atoms with Crippen LogP contribution in [-0.2, 0) is 16.7 Å². The number of hydrogen-bond donors (Lipinski definition) is 1. The molecule has 0 radical (unpaired) electrons. The molecule has 0 saturated carbocycles. The summed E-state index contributed by atoms with van der Waals surface area (Å²) in [6.45, 7) is 4.31. The van der Waals surface area contributed by atoms with Gasteiger partial charge in [-0.1, -0.05) is 60.7 Å². The van der Waals surface area contributed by atoms with Crippen LogP contribution in [-0.4, -0.2) is 55.0 Å². The molecule has 0 unspecified atom stereocenters. The average molecular weight is 482 g/mol. The van der Waals surface area contributed by atoms with Crippen LogP contribution in [0.1, 0.15) is 5.56 Å². The van der Waals surface area contributed by atoms with Gasteiger partial charge in [0.05, 0.1) is 6.26 Å². The zero-order valence-electron chi connectivity index (χ0n) is 18.9. The van der Waals surface area contributed by atoms with Crippen LogP contribution in [0.25, 0.3) is 22.2 Å². The lowest BCUT2D eigenvalue weighted by molar-refractivity contribution is 0.230. The molecule has 1 N–H and O–H groups in total. The third kappa shape index (κ3) is 6.13. The van der Waals surface area contributed by atoms with Crippen molar-refractivity contribution in [2.45, 2.75) is 6.54 Å². The minimum atomic E-state index is -3.67. The van der Waals surface area contributed by atoms with Crippen molar-refractivity contribution in [3.8, 4) is 11.1 Å². The maximum Gasteiger partial charge on any atom is 0.438 e. The Hall–Kier alpha value is -3.40. The summed E-state index contributed by atoms with van der Waals surface area (Å²) in [7, 11) is -3.67. The van der Waals surface area contributed by atoms with E-state index >= 15 is 0 Å². The molecule has 1 aromatic heterocycles. The highest BCUT2D eigenvalue weighted by atomic mass is 32.2.